The van der Waals surface area contributed by atoms with Crippen molar-refractivity contribution in [2.24, 2.45) is 11.8 Å². The van der Waals surface area contributed by atoms with Crippen molar-refractivity contribution in [1.82, 2.24) is 10.6 Å². The standard InChI is InChI=1S/C26H30N2O5/c1-15(2)23(13-24(29)27-17-11-16(12-17)25(30)31)28-26(32)33-14-22-20-9-5-3-7-18(20)19-8-4-6-10-21(19)22/h3-10,15-17,22-23H,11-14H2,1-2H3,(H,27,29)(H,28,32)(H,30,31)/t16?,17?,23-/m1/s1. The monoisotopic (exact) mass is 450 g/mol. The molecule has 0 aliphatic heterocycles. The first-order chi connectivity index (χ1) is 15.8. The molecular weight excluding hydrogens is 420 g/mol. The molecule has 2 amide bonds. The molecule has 0 aromatic heterocycles. The number of rotatable bonds is 8. The van der Waals surface area contributed by atoms with Gasteiger partial charge in [-0.05, 0) is 41.0 Å². The molecule has 0 saturated heterocycles. The van der Waals surface area contributed by atoms with E-state index in [0.29, 0.717) is 12.8 Å². The fourth-order valence-corrected chi connectivity index (χ4v) is 4.67. The first-order valence-electron chi connectivity index (χ1n) is 11.5. The van der Waals surface area contributed by atoms with Gasteiger partial charge in [-0.15, -0.1) is 0 Å². The van der Waals surface area contributed by atoms with Crippen LogP contribution in [0.4, 0.5) is 4.79 Å². The molecule has 1 atom stereocenters. The highest BCUT2D eigenvalue weighted by Gasteiger charge is 2.36. The number of nitrogens with one attached hydrogen (secondary N) is 2. The van der Waals surface area contributed by atoms with Crippen molar-refractivity contribution in [3.05, 3.63) is 59.7 Å². The second-order valence-electron chi connectivity index (χ2n) is 9.30. The van der Waals surface area contributed by atoms with Crippen LogP contribution in [-0.2, 0) is 14.3 Å². The summed E-state index contributed by atoms with van der Waals surface area (Å²) in [7, 11) is 0. The summed E-state index contributed by atoms with van der Waals surface area (Å²) in [4.78, 5) is 35.9. The Bertz CT molecular complexity index is 999. The minimum Gasteiger partial charge on any atom is -0.481 e. The molecule has 3 N–H and O–H groups in total. The van der Waals surface area contributed by atoms with E-state index in [1.807, 2.05) is 38.1 Å². The van der Waals surface area contributed by atoms with Crippen LogP contribution in [-0.4, -0.2) is 41.8 Å². The molecular formula is C26H30N2O5. The molecule has 0 radical (unpaired) electrons. The van der Waals surface area contributed by atoms with Crippen LogP contribution in [0.5, 0.6) is 0 Å². The highest BCUT2D eigenvalue weighted by atomic mass is 16.5. The third-order valence-electron chi connectivity index (χ3n) is 6.71. The lowest BCUT2D eigenvalue weighted by Gasteiger charge is -2.33. The van der Waals surface area contributed by atoms with Gasteiger partial charge in [-0.3, -0.25) is 9.59 Å². The molecule has 33 heavy (non-hydrogen) atoms. The van der Waals surface area contributed by atoms with Crippen molar-refractivity contribution in [3.63, 3.8) is 0 Å². The largest absolute Gasteiger partial charge is 0.481 e. The minimum absolute atomic E-state index is 0.0234. The Morgan fingerprint density at radius 1 is 1.00 bits per heavy atom. The Kier molecular flexibility index (Phi) is 6.67. The first-order valence-corrected chi connectivity index (χ1v) is 11.5. The molecule has 4 rings (SSSR count). The number of carboxylic acid groups (broad SMARTS) is 1. The van der Waals surface area contributed by atoms with Gasteiger partial charge in [-0.1, -0.05) is 62.4 Å². The zero-order valence-corrected chi connectivity index (χ0v) is 18.9. The lowest BCUT2D eigenvalue weighted by molar-refractivity contribution is -0.146. The molecule has 2 aliphatic rings. The summed E-state index contributed by atoms with van der Waals surface area (Å²) >= 11 is 0. The number of alkyl carbamates (subject to hydrolysis) is 1. The Morgan fingerprint density at radius 3 is 2.12 bits per heavy atom. The van der Waals surface area contributed by atoms with E-state index >= 15 is 0 Å². The number of hydrogen-bond acceptors (Lipinski definition) is 4. The molecule has 1 saturated carbocycles. The van der Waals surface area contributed by atoms with Gasteiger partial charge in [0.2, 0.25) is 5.91 Å². The van der Waals surface area contributed by atoms with Crippen molar-refractivity contribution in [1.29, 1.82) is 0 Å². The molecule has 7 nitrogen and oxygen atoms in total. The number of carbonyl (C=O) groups is 3. The number of carbonyl (C=O) groups excluding carboxylic acids is 2. The van der Waals surface area contributed by atoms with E-state index in [1.54, 1.807) is 0 Å². The highest BCUT2D eigenvalue weighted by molar-refractivity contribution is 5.80. The molecule has 0 bridgehead atoms. The van der Waals surface area contributed by atoms with Gasteiger partial charge in [0.15, 0.2) is 0 Å². The summed E-state index contributed by atoms with van der Waals surface area (Å²) in [6.07, 6.45) is 0.481. The number of hydrogen-bond donors (Lipinski definition) is 3. The van der Waals surface area contributed by atoms with Crippen molar-refractivity contribution in [2.45, 2.75) is 51.1 Å². The lowest BCUT2D eigenvalue weighted by atomic mass is 9.80. The third kappa shape index (κ3) is 5.02. The van der Waals surface area contributed by atoms with Gasteiger partial charge in [0.1, 0.15) is 6.61 Å². The summed E-state index contributed by atoms with van der Waals surface area (Å²) in [5.41, 5.74) is 4.62. The van der Waals surface area contributed by atoms with E-state index in [4.69, 9.17) is 9.84 Å². The van der Waals surface area contributed by atoms with Crippen LogP contribution in [0.25, 0.3) is 11.1 Å². The van der Waals surface area contributed by atoms with Gasteiger partial charge in [0.05, 0.1) is 5.92 Å². The number of aliphatic carboxylic acids is 1. The summed E-state index contributed by atoms with van der Waals surface area (Å²) in [6, 6.07) is 15.8. The zero-order valence-electron chi connectivity index (χ0n) is 18.9. The Hall–Kier alpha value is -3.35. The number of amides is 2. The van der Waals surface area contributed by atoms with E-state index in [-0.39, 0.29) is 48.8 Å². The van der Waals surface area contributed by atoms with Crippen LogP contribution in [0, 0.1) is 11.8 Å². The average Bonchev–Trinajstić information content (AvgIpc) is 3.07. The fraction of sp³-hybridized carbons (Fsp3) is 0.423. The van der Waals surface area contributed by atoms with E-state index in [0.717, 1.165) is 11.1 Å². The molecule has 7 heteroatoms. The van der Waals surface area contributed by atoms with Crippen LogP contribution in [0.15, 0.2) is 48.5 Å². The van der Waals surface area contributed by atoms with Gasteiger partial charge in [-0.2, -0.15) is 0 Å². The lowest BCUT2D eigenvalue weighted by Crippen LogP contribution is -2.49. The van der Waals surface area contributed by atoms with Crippen LogP contribution in [0.2, 0.25) is 0 Å². The normalized spacial score (nSPS) is 19.7. The number of ether oxygens (including phenoxy) is 1. The number of benzene rings is 2. The summed E-state index contributed by atoms with van der Waals surface area (Å²) in [5.74, 6) is -1.39. The molecule has 2 aromatic rings. The summed E-state index contributed by atoms with van der Waals surface area (Å²) in [5, 5.41) is 14.7. The van der Waals surface area contributed by atoms with Crippen LogP contribution >= 0.6 is 0 Å². The van der Waals surface area contributed by atoms with Crippen LogP contribution in [0.1, 0.15) is 50.2 Å². The van der Waals surface area contributed by atoms with E-state index in [2.05, 4.69) is 34.9 Å². The predicted molar refractivity (Wildman–Crippen MR) is 124 cm³/mol. The molecule has 0 heterocycles. The molecule has 1 fully saturated rings. The Labute approximate surface area is 193 Å². The van der Waals surface area contributed by atoms with Gasteiger partial charge in [0, 0.05) is 24.4 Å². The fourth-order valence-electron chi connectivity index (χ4n) is 4.67. The quantitative estimate of drug-likeness (QED) is 0.565. The van der Waals surface area contributed by atoms with Crippen molar-refractivity contribution in [3.8, 4) is 11.1 Å². The molecule has 174 valence electrons. The van der Waals surface area contributed by atoms with Crippen molar-refractivity contribution in [2.75, 3.05) is 6.61 Å². The third-order valence-corrected chi connectivity index (χ3v) is 6.71. The van der Waals surface area contributed by atoms with Crippen LogP contribution in [0.3, 0.4) is 0 Å². The smallest absolute Gasteiger partial charge is 0.407 e. The van der Waals surface area contributed by atoms with Crippen molar-refractivity contribution >= 4 is 18.0 Å². The maximum Gasteiger partial charge on any atom is 0.407 e. The average molecular weight is 451 g/mol. The Balaban J connectivity index is 1.31. The van der Waals surface area contributed by atoms with E-state index in [1.165, 1.54) is 11.1 Å². The molecule has 2 aromatic carbocycles. The SMILES string of the molecule is CC(C)[C@@H](CC(=O)NC1CC(C(=O)O)C1)NC(=O)OCC1c2ccccc2-c2ccccc21. The predicted octanol–water partition coefficient (Wildman–Crippen LogP) is 3.92. The molecule has 0 unspecified atom stereocenters. The highest BCUT2D eigenvalue weighted by Crippen LogP contribution is 2.44. The second-order valence-corrected chi connectivity index (χ2v) is 9.30. The van der Waals surface area contributed by atoms with Crippen LogP contribution < -0.4 is 10.6 Å². The first kappa shape index (κ1) is 22.8. The summed E-state index contributed by atoms with van der Waals surface area (Å²) in [6.45, 7) is 4.09. The van der Waals surface area contributed by atoms with E-state index < -0.39 is 12.1 Å². The summed E-state index contributed by atoms with van der Waals surface area (Å²) < 4.78 is 5.61. The Morgan fingerprint density at radius 2 is 1.58 bits per heavy atom. The topological polar surface area (TPSA) is 105 Å². The minimum atomic E-state index is -0.822. The maximum atomic E-state index is 12.6. The van der Waals surface area contributed by atoms with Gasteiger partial charge >= 0.3 is 12.1 Å². The molecule has 0 spiro atoms. The van der Waals surface area contributed by atoms with E-state index in [9.17, 15) is 14.4 Å². The second kappa shape index (κ2) is 9.65. The van der Waals surface area contributed by atoms with Gasteiger partial charge < -0.3 is 20.5 Å². The maximum absolute atomic E-state index is 12.6. The molecule has 2 aliphatic carbocycles. The zero-order chi connectivity index (χ0) is 23.5. The number of carboxylic acids is 1. The number of fused-ring (bicyclic) bond motifs is 3. The van der Waals surface area contributed by atoms with Crippen molar-refractivity contribution < 1.29 is 24.2 Å². The van der Waals surface area contributed by atoms with Gasteiger partial charge in [0.25, 0.3) is 0 Å². The van der Waals surface area contributed by atoms with Gasteiger partial charge in [-0.25, -0.2) is 4.79 Å².